The number of ether oxygens (including phenoxy) is 2. The molecule has 30 heavy (non-hydrogen) atoms. The summed E-state index contributed by atoms with van der Waals surface area (Å²) in [5, 5.41) is 6.10. The van der Waals surface area contributed by atoms with Crippen molar-refractivity contribution in [3.8, 4) is 11.5 Å². The van der Waals surface area contributed by atoms with E-state index in [1.54, 1.807) is 7.11 Å². The molecule has 0 unspecified atom stereocenters. The quantitative estimate of drug-likeness (QED) is 0.553. The third-order valence-corrected chi connectivity index (χ3v) is 4.72. The molecule has 0 fully saturated rings. The Morgan fingerprint density at radius 3 is 2.30 bits per heavy atom. The maximum absolute atomic E-state index is 13.3. The summed E-state index contributed by atoms with van der Waals surface area (Å²) in [5.41, 5.74) is 3.61. The van der Waals surface area contributed by atoms with E-state index in [-0.39, 0.29) is 5.91 Å². The number of anilines is 1. The zero-order chi connectivity index (χ0) is 20.9. The smallest absolute Gasteiger partial charge is 0.281 e. The standard InChI is InChI=1S/C25H22N2O3/c1-3-30-23-17-18(14-15-22(23)29-2)16-21-24(19-10-6-4-7-11-19)26-27(25(21)28)20-12-8-5-9-13-20/h4-17H,3H2,1-2H3. The topological polar surface area (TPSA) is 51.1 Å². The average Bonchev–Trinajstić information content (AvgIpc) is 3.11. The van der Waals surface area contributed by atoms with Gasteiger partial charge < -0.3 is 9.47 Å². The first-order valence-corrected chi connectivity index (χ1v) is 9.77. The van der Waals surface area contributed by atoms with Gasteiger partial charge in [-0.2, -0.15) is 10.1 Å². The first-order chi connectivity index (χ1) is 14.7. The first kappa shape index (κ1) is 19.5. The Morgan fingerprint density at radius 1 is 0.933 bits per heavy atom. The maximum atomic E-state index is 13.3. The monoisotopic (exact) mass is 398 g/mol. The largest absolute Gasteiger partial charge is 0.493 e. The van der Waals surface area contributed by atoms with Crippen LogP contribution in [-0.2, 0) is 4.79 Å². The van der Waals surface area contributed by atoms with Crippen LogP contribution in [0.5, 0.6) is 11.5 Å². The second-order valence-electron chi connectivity index (χ2n) is 6.67. The van der Waals surface area contributed by atoms with Crippen LogP contribution < -0.4 is 14.5 Å². The van der Waals surface area contributed by atoms with E-state index in [9.17, 15) is 4.79 Å². The molecule has 5 nitrogen and oxygen atoms in total. The molecule has 0 saturated carbocycles. The van der Waals surface area contributed by atoms with Crippen LogP contribution in [-0.4, -0.2) is 25.3 Å². The van der Waals surface area contributed by atoms with Crippen molar-refractivity contribution in [1.82, 2.24) is 0 Å². The van der Waals surface area contributed by atoms with E-state index in [0.717, 1.165) is 16.8 Å². The molecule has 0 aromatic heterocycles. The van der Waals surface area contributed by atoms with Crippen molar-refractivity contribution in [1.29, 1.82) is 0 Å². The molecule has 1 aliphatic heterocycles. The lowest BCUT2D eigenvalue weighted by atomic mass is 10.00. The predicted octanol–water partition coefficient (Wildman–Crippen LogP) is 4.93. The van der Waals surface area contributed by atoms with Crippen molar-refractivity contribution in [3.05, 3.63) is 95.6 Å². The highest BCUT2D eigenvalue weighted by Crippen LogP contribution is 2.31. The summed E-state index contributed by atoms with van der Waals surface area (Å²) >= 11 is 0. The molecule has 0 radical (unpaired) electrons. The van der Waals surface area contributed by atoms with Gasteiger partial charge in [-0.15, -0.1) is 0 Å². The third-order valence-electron chi connectivity index (χ3n) is 4.72. The Labute approximate surface area is 175 Å². The summed E-state index contributed by atoms with van der Waals surface area (Å²) in [6.07, 6.45) is 1.85. The maximum Gasteiger partial charge on any atom is 0.281 e. The number of rotatable bonds is 6. The molecule has 5 heteroatoms. The molecule has 1 heterocycles. The number of nitrogens with zero attached hydrogens (tertiary/aromatic N) is 2. The van der Waals surface area contributed by atoms with Crippen molar-refractivity contribution >= 4 is 23.4 Å². The number of hydrogen-bond donors (Lipinski definition) is 0. The Morgan fingerprint density at radius 2 is 1.63 bits per heavy atom. The lowest BCUT2D eigenvalue weighted by Gasteiger charge is -2.11. The van der Waals surface area contributed by atoms with Gasteiger partial charge in [0.2, 0.25) is 0 Å². The van der Waals surface area contributed by atoms with E-state index < -0.39 is 0 Å². The fraction of sp³-hybridized carbons (Fsp3) is 0.120. The van der Waals surface area contributed by atoms with Crippen LogP contribution in [0.25, 0.3) is 6.08 Å². The molecule has 0 N–H and O–H groups in total. The summed E-state index contributed by atoms with van der Waals surface area (Å²) in [5.74, 6) is 1.12. The van der Waals surface area contributed by atoms with Crippen LogP contribution in [0.2, 0.25) is 0 Å². The Balaban J connectivity index is 1.80. The molecule has 3 aromatic carbocycles. The van der Waals surface area contributed by atoms with E-state index in [4.69, 9.17) is 9.47 Å². The van der Waals surface area contributed by atoms with E-state index in [2.05, 4.69) is 5.10 Å². The Bertz CT molecular complexity index is 1110. The van der Waals surface area contributed by atoms with Crippen molar-refractivity contribution in [3.63, 3.8) is 0 Å². The molecule has 0 atom stereocenters. The predicted molar refractivity (Wildman–Crippen MR) is 119 cm³/mol. The second kappa shape index (κ2) is 8.66. The van der Waals surface area contributed by atoms with Crippen molar-refractivity contribution in [2.45, 2.75) is 6.92 Å². The van der Waals surface area contributed by atoms with Gasteiger partial charge in [0.25, 0.3) is 5.91 Å². The van der Waals surface area contributed by atoms with E-state index in [1.165, 1.54) is 5.01 Å². The van der Waals surface area contributed by atoms with Crippen LogP contribution in [0.1, 0.15) is 18.1 Å². The molecule has 1 aliphatic rings. The minimum absolute atomic E-state index is 0.172. The van der Waals surface area contributed by atoms with Gasteiger partial charge in [0.15, 0.2) is 11.5 Å². The van der Waals surface area contributed by atoms with Gasteiger partial charge >= 0.3 is 0 Å². The fourth-order valence-electron chi connectivity index (χ4n) is 3.32. The van der Waals surface area contributed by atoms with E-state index in [0.29, 0.717) is 29.4 Å². The van der Waals surface area contributed by atoms with Gasteiger partial charge in [0.05, 0.1) is 25.0 Å². The number of hydrazone groups is 1. The Hall–Kier alpha value is -3.86. The number of hydrogen-bond acceptors (Lipinski definition) is 4. The molecule has 0 aliphatic carbocycles. The van der Waals surface area contributed by atoms with Crippen LogP contribution >= 0.6 is 0 Å². The van der Waals surface area contributed by atoms with Crippen molar-refractivity contribution in [2.24, 2.45) is 5.10 Å². The normalized spacial score (nSPS) is 14.7. The zero-order valence-electron chi connectivity index (χ0n) is 16.9. The number of carbonyl (C=O) groups excluding carboxylic acids is 1. The SMILES string of the molecule is CCOc1cc(C=C2C(=O)N(c3ccccc3)N=C2c2ccccc2)ccc1OC. The van der Waals surface area contributed by atoms with Crippen LogP contribution in [0.3, 0.4) is 0 Å². The summed E-state index contributed by atoms with van der Waals surface area (Å²) in [6.45, 7) is 2.44. The van der Waals surface area contributed by atoms with Gasteiger partial charge in [-0.05, 0) is 42.8 Å². The molecule has 0 bridgehead atoms. The summed E-state index contributed by atoms with van der Waals surface area (Å²) in [7, 11) is 1.61. The highest BCUT2D eigenvalue weighted by Gasteiger charge is 2.31. The van der Waals surface area contributed by atoms with Crippen LogP contribution in [0, 0.1) is 0 Å². The summed E-state index contributed by atoms with van der Waals surface area (Å²) in [6, 6.07) is 24.8. The highest BCUT2D eigenvalue weighted by molar-refractivity contribution is 6.37. The van der Waals surface area contributed by atoms with Gasteiger partial charge in [-0.3, -0.25) is 4.79 Å². The molecule has 3 aromatic rings. The van der Waals surface area contributed by atoms with Gasteiger partial charge in [-0.1, -0.05) is 54.6 Å². The van der Waals surface area contributed by atoms with E-state index in [1.807, 2.05) is 91.9 Å². The third kappa shape index (κ3) is 3.82. The number of para-hydroxylation sites is 1. The second-order valence-corrected chi connectivity index (χ2v) is 6.67. The first-order valence-electron chi connectivity index (χ1n) is 9.77. The summed E-state index contributed by atoms with van der Waals surface area (Å²) in [4.78, 5) is 13.3. The molecule has 4 rings (SSSR count). The molecule has 150 valence electrons. The highest BCUT2D eigenvalue weighted by atomic mass is 16.5. The number of carbonyl (C=O) groups is 1. The lowest BCUT2D eigenvalue weighted by molar-refractivity contribution is -0.114. The minimum Gasteiger partial charge on any atom is -0.493 e. The van der Waals surface area contributed by atoms with Crippen LogP contribution in [0.4, 0.5) is 5.69 Å². The molecule has 0 spiro atoms. The molecule has 1 amide bonds. The number of benzene rings is 3. The lowest BCUT2D eigenvalue weighted by Crippen LogP contribution is -2.21. The summed E-state index contributed by atoms with van der Waals surface area (Å²) < 4.78 is 11.0. The van der Waals surface area contributed by atoms with Crippen molar-refractivity contribution < 1.29 is 14.3 Å². The average molecular weight is 398 g/mol. The Kier molecular flexibility index (Phi) is 5.61. The van der Waals surface area contributed by atoms with Crippen LogP contribution in [0.15, 0.2) is 89.5 Å². The van der Waals surface area contributed by atoms with E-state index >= 15 is 0 Å². The fourth-order valence-corrected chi connectivity index (χ4v) is 3.32. The number of amides is 1. The minimum atomic E-state index is -0.172. The zero-order valence-corrected chi connectivity index (χ0v) is 16.9. The molecule has 0 saturated heterocycles. The van der Waals surface area contributed by atoms with Gasteiger partial charge in [0.1, 0.15) is 5.71 Å². The molecular formula is C25H22N2O3. The number of methoxy groups -OCH3 is 1. The van der Waals surface area contributed by atoms with Gasteiger partial charge in [-0.25, -0.2) is 0 Å². The van der Waals surface area contributed by atoms with Crippen molar-refractivity contribution in [2.75, 3.05) is 18.7 Å². The molecular weight excluding hydrogens is 376 g/mol. The van der Waals surface area contributed by atoms with Gasteiger partial charge in [0, 0.05) is 5.56 Å².